The van der Waals surface area contributed by atoms with Gasteiger partial charge in [-0.15, -0.1) is 0 Å². The third-order valence-corrected chi connectivity index (χ3v) is 3.23. The molecule has 1 aromatic heterocycles. The van der Waals surface area contributed by atoms with Gasteiger partial charge in [0.1, 0.15) is 0 Å². The van der Waals surface area contributed by atoms with Crippen molar-refractivity contribution in [3.05, 3.63) is 47.3 Å². The van der Waals surface area contributed by atoms with Crippen molar-refractivity contribution >= 4 is 11.7 Å². The SMILES string of the molecule is O=C(O)c1ccc(CNc2cnoc2C2CC2)cc1. The summed E-state index contributed by atoms with van der Waals surface area (Å²) in [6, 6.07) is 6.82. The monoisotopic (exact) mass is 258 g/mol. The highest BCUT2D eigenvalue weighted by Crippen LogP contribution is 2.43. The summed E-state index contributed by atoms with van der Waals surface area (Å²) in [5.41, 5.74) is 2.25. The normalized spacial score (nSPS) is 14.3. The molecule has 1 heterocycles. The van der Waals surface area contributed by atoms with E-state index in [4.69, 9.17) is 9.63 Å². The van der Waals surface area contributed by atoms with Gasteiger partial charge in [0.2, 0.25) is 0 Å². The summed E-state index contributed by atoms with van der Waals surface area (Å²) in [6.07, 6.45) is 4.02. The fourth-order valence-electron chi connectivity index (χ4n) is 1.98. The molecule has 0 spiro atoms. The first-order valence-electron chi connectivity index (χ1n) is 6.24. The van der Waals surface area contributed by atoms with Gasteiger partial charge < -0.3 is 14.9 Å². The summed E-state index contributed by atoms with van der Waals surface area (Å²) >= 11 is 0. The van der Waals surface area contributed by atoms with Crippen LogP contribution >= 0.6 is 0 Å². The maximum absolute atomic E-state index is 10.7. The van der Waals surface area contributed by atoms with Crippen molar-refractivity contribution in [2.24, 2.45) is 0 Å². The molecular weight excluding hydrogens is 244 g/mol. The van der Waals surface area contributed by atoms with Crippen LogP contribution in [0.4, 0.5) is 5.69 Å². The third-order valence-electron chi connectivity index (χ3n) is 3.23. The standard InChI is InChI=1S/C14H14N2O3/c17-14(18)11-3-1-9(2-4-11)7-15-12-8-16-19-13(12)10-5-6-10/h1-4,8,10,15H,5-7H2,(H,17,18). The van der Waals surface area contributed by atoms with E-state index in [9.17, 15) is 4.79 Å². The Labute approximate surface area is 110 Å². The lowest BCUT2D eigenvalue weighted by Crippen LogP contribution is -2.01. The molecule has 0 saturated heterocycles. The predicted octanol–water partition coefficient (Wildman–Crippen LogP) is 2.86. The van der Waals surface area contributed by atoms with Crippen molar-refractivity contribution in [3.63, 3.8) is 0 Å². The first kappa shape index (κ1) is 11.8. The summed E-state index contributed by atoms with van der Waals surface area (Å²) in [4.78, 5) is 10.7. The first-order valence-corrected chi connectivity index (χ1v) is 6.24. The number of carboxylic acids is 1. The van der Waals surface area contributed by atoms with Gasteiger partial charge in [-0.05, 0) is 30.5 Å². The number of hydrogen-bond donors (Lipinski definition) is 2. The van der Waals surface area contributed by atoms with Crippen molar-refractivity contribution in [3.8, 4) is 0 Å². The average Bonchev–Trinajstić information content (AvgIpc) is 3.16. The van der Waals surface area contributed by atoms with Crippen molar-refractivity contribution < 1.29 is 14.4 Å². The number of benzene rings is 1. The Kier molecular flexibility index (Phi) is 2.95. The van der Waals surface area contributed by atoms with E-state index in [1.54, 1.807) is 30.5 Å². The minimum absolute atomic E-state index is 0.299. The molecule has 1 saturated carbocycles. The number of hydrogen-bond acceptors (Lipinski definition) is 4. The van der Waals surface area contributed by atoms with Crippen LogP contribution in [0.3, 0.4) is 0 Å². The zero-order valence-electron chi connectivity index (χ0n) is 10.3. The number of nitrogens with one attached hydrogen (secondary N) is 1. The number of aromatic nitrogens is 1. The highest BCUT2D eigenvalue weighted by molar-refractivity contribution is 5.87. The van der Waals surface area contributed by atoms with Gasteiger partial charge in [-0.25, -0.2) is 4.79 Å². The Morgan fingerprint density at radius 3 is 2.74 bits per heavy atom. The van der Waals surface area contributed by atoms with Gasteiger partial charge in [0.15, 0.2) is 5.76 Å². The fourth-order valence-corrected chi connectivity index (χ4v) is 1.98. The molecule has 1 aromatic carbocycles. The lowest BCUT2D eigenvalue weighted by molar-refractivity contribution is 0.0697. The van der Waals surface area contributed by atoms with Crippen LogP contribution in [0.2, 0.25) is 0 Å². The van der Waals surface area contributed by atoms with Gasteiger partial charge in [-0.1, -0.05) is 17.3 Å². The van der Waals surface area contributed by atoms with E-state index in [1.165, 1.54) is 0 Å². The number of aromatic carboxylic acids is 1. The molecule has 0 amide bonds. The molecule has 2 aromatic rings. The molecule has 0 radical (unpaired) electrons. The minimum Gasteiger partial charge on any atom is -0.478 e. The van der Waals surface area contributed by atoms with Crippen LogP contribution in [-0.2, 0) is 6.54 Å². The topological polar surface area (TPSA) is 75.4 Å². The zero-order valence-corrected chi connectivity index (χ0v) is 10.3. The van der Waals surface area contributed by atoms with E-state index in [-0.39, 0.29) is 0 Å². The van der Waals surface area contributed by atoms with Crippen LogP contribution in [0.5, 0.6) is 0 Å². The van der Waals surface area contributed by atoms with E-state index in [0.29, 0.717) is 18.0 Å². The quantitative estimate of drug-likeness (QED) is 0.862. The number of nitrogens with zero attached hydrogens (tertiary/aromatic N) is 1. The molecule has 98 valence electrons. The second-order valence-corrected chi connectivity index (χ2v) is 4.73. The van der Waals surface area contributed by atoms with E-state index in [0.717, 1.165) is 29.9 Å². The van der Waals surface area contributed by atoms with Crippen LogP contribution in [0.15, 0.2) is 35.0 Å². The largest absolute Gasteiger partial charge is 0.478 e. The van der Waals surface area contributed by atoms with Crippen molar-refractivity contribution in [1.82, 2.24) is 5.16 Å². The molecule has 5 heteroatoms. The Morgan fingerprint density at radius 2 is 2.11 bits per heavy atom. The predicted molar refractivity (Wildman–Crippen MR) is 69.2 cm³/mol. The van der Waals surface area contributed by atoms with Crippen LogP contribution in [0.1, 0.15) is 40.4 Å². The van der Waals surface area contributed by atoms with Gasteiger partial charge in [0, 0.05) is 12.5 Å². The lowest BCUT2D eigenvalue weighted by atomic mass is 10.1. The van der Waals surface area contributed by atoms with Gasteiger partial charge in [-0.3, -0.25) is 0 Å². The molecular formula is C14H14N2O3. The Hall–Kier alpha value is -2.30. The van der Waals surface area contributed by atoms with E-state index in [2.05, 4.69) is 10.5 Å². The highest BCUT2D eigenvalue weighted by atomic mass is 16.5. The third kappa shape index (κ3) is 2.59. The molecule has 0 aliphatic heterocycles. The molecule has 2 N–H and O–H groups in total. The first-order chi connectivity index (χ1) is 9.24. The molecule has 19 heavy (non-hydrogen) atoms. The van der Waals surface area contributed by atoms with E-state index >= 15 is 0 Å². The van der Waals surface area contributed by atoms with Gasteiger partial charge >= 0.3 is 5.97 Å². The molecule has 1 aliphatic rings. The lowest BCUT2D eigenvalue weighted by Gasteiger charge is -2.05. The number of rotatable bonds is 5. The smallest absolute Gasteiger partial charge is 0.335 e. The minimum atomic E-state index is -0.908. The van der Waals surface area contributed by atoms with Crippen molar-refractivity contribution in [2.75, 3.05) is 5.32 Å². The number of carbonyl (C=O) groups is 1. The van der Waals surface area contributed by atoms with Crippen LogP contribution in [0, 0.1) is 0 Å². The number of carboxylic acid groups (broad SMARTS) is 1. The van der Waals surface area contributed by atoms with Gasteiger partial charge in [-0.2, -0.15) is 0 Å². The molecule has 0 bridgehead atoms. The van der Waals surface area contributed by atoms with E-state index in [1.807, 2.05) is 0 Å². The molecule has 1 aliphatic carbocycles. The molecule has 5 nitrogen and oxygen atoms in total. The Balaban J connectivity index is 1.65. The number of anilines is 1. The summed E-state index contributed by atoms with van der Waals surface area (Å²) in [5, 5.41) is 15.9. The van der Waals surface area contributed by atoms with Crippen molar-refractivity contribution in [2.45, 2.75) is 25.3 Å². The highest BCUT2D eigenvalue weighted by Gasteiger charge is 2.30. The Morgan fingerprint density at radius 1 is 1.37 bits per heavy atom. The zero-order chi connectivity index (χ0) is 13.2. The summed E-state index contributed by atoms with van der Waals surface area (Å²) in [6.45, 7) is 0.626. The van der Waals surface area contributed by atoms with Crippen LogP contribution in [0.25, 0.3) is 0 Å². The summed E-state index contributed by atoms with van der Waals surface area (Å²) in [7, 11) is 0. The molecule has 3 rings (SSSR count). The van der Waals surface area contributed by atoms with Crippen molar-refractivity contribution in [1.29, 1.82) is 0 Å². The fraction of sp³-hybridized carbons (Fsp3) is 0.286. The molecule has 0 atom stereocenters. The van der Waals surface area contributed by atoms with Gasteiger partial charge in [0.05, 0.1) is 17.4 Å². The average molecular weight is 258 g/mol. The van der Waals surface area contributed by atoms with Crippen LogP contribution in [-0.4, -0.2) is 16.2 Å². The second kappa shape index (κ2) is 4.76. The molecule has 1 fully saturated rings. The van der Waals surface area contributed by atoms with Crippen LogP contribution < -0.4 is 5.32 Å². The maximum Gasteiger partial charge on any atom is 0.335 e. The maximum atomic E-state index is 10.7. The molecule has 0 unspecified atom stereocenters. The second-order valence-electron chi connectivity index (χ2n) is 4.73. The Bertz CT molecular complexity index is 585. The summed E-state index contributed by atoms with van der Waals surface area (Å²) in [5.74, 6) is 0.538. The van der Waals surface area contributed by atoms with Gasteiger partial charge in [0.25, 0.3) is 0 Å². The van der Waals surface area contributed by atoms with E-state index < -0.39 is 5.97 Å². The summed E-state index contributed by atoms with van der Waals surface area (Å²) < 4.78 is 5.24.